The fourth-order valence-corrected chi connectivity index (χ4v) is 2.48. The molecule has 1 amide bonds. The SMILES string of the molecule is CC1(C)C[C@@H]1C(=O)N/C(=C\CCCCC[N+](C)(C)C)C(=O)O. The number of unbranched alkanes of at least 4 members (excludes halogenated alkanes) is 3. The third-order valence-electron chi connectivity index (χ3n) is 4.20. The summed E-state index contributed by atoms with van der Waals surface area (Å²) in [6.07, 6.45) is 6.30. The fraction of sp³-hybridized carbons (Fsp3) is 0.765. The highest BCUT2D eigenvalue weighted by atomic mass is 16.4. The number of allylic oxidation sites excluding steroid dienone is 1. The first-order chi connectivity index (χ1) is 10.0. The van der Waals surface area contributed by atoms with Crippen LogP contribution in [-0.2, 0) is 9.59 Å². The maximum atomic E-state index is 12.0. The van der Waals surface area contributed by atoms with Gasteiger partial charge >= 0.3 is 5.97 Å². The second-order valence-electron chi connectivity index (χ2n) is 8.02. The van der Waals surface area contributed by atoms with E-state index in [9.17, 15) is 14.7 Å². The van der Waals surface area contributed by atoms with E-state index < -0.39 is 5.97 Å². The second kappa shape index (κ2) is 7.27. The van der Waals surface area contributed by atoms with Crippen LogP contribution in [0.15, 0.2) is 11.8 Å². The fourth-order valence-electron chi connectivity index (χ4n) is 2.48. The summed E-state index contributed by atoms with van der Waals surface area (Å²) in [5.74, 6) is -1.28. The van der Waals surface area contributed by atoms with Crippen molar-refractivity contribution in [2.24, 2.45) is 11.3 Å². The molecule has 0 saturated heterocycles. The first kappa shape index (κ1) is 18.7. The van der Waals surface area contributed by atoms with Crippen molar-refractivity contribution in [3.63, 3.8) is 0 Å². The zero-order valence-corrected chi connectivity index (χ0v) is 14.6. The van der Waals surface area contributed by atoms with E-state index in [0.717, 1.165) is 36.7 Å². The van der Waals surface area contributed by atoms with Crippen LogP contribution < -0.4 is 5.32 Å². The molecule has 2 N–H and O–H groups in total. The highest BCUT2D eigenvalue weighted by Gasteiger charge is 2.50. The molecule has 0 aromatic carbocycles. The number of carbonyl (C=O) groups excluding carboxylic acids is 1. The molecule has 5 nitrogen and oxygen atoms in total. The Hall–Kier alpha value is -1.36. The van der Waals surface area contributed by atoms with Crippen LogP contribution in [0.3, 0.4) is 0 Å². The Morgan fingerprint density at radius 2 is 1.82 bits per heavy atom. The predicted octanol–water partition coefficient (Wildman–Crippen LogP) is 2.38. The minimum absolute atomic E-state index is 0.0128. The van der Waals surface area contributed by atoms with E-state index in [1.807, 2.05) is 13.8 Å². The number of carboxylic acid groups (broad SMARTS) is 1. The second-order valence-corrected chi connectivity index (χ2v) is 8.02. The van der Waals surface area contributed by atoms with Crippen molar-refractivity contribution >= 4 is 11.9 Å². The summed E-state index contributed by atoms with van der Waals surface area (Å²) in [5, 5.41) is 11.7. The molecule has 0 aliphatic heterocycles. The van der Waals surface area contributed by atoms with Crippen LogP contribution in [0.2, 0.25) is 0 Å². The van der Waals surface area contributed by atoms with Crippen molar-refractivity contribution < 1.29 is 19.2 Å². The minimum Gasteiger partial charge on any atom is -0.477 e. The Balaban J connectivity index is 2.34. The van der Waals surface area contributed by atoms with Crippen LogP contribution in [0, 0.1) is 11.3 Å². The molecule has 1 rings (SSSR count). The first-order valence-corrected chi connectivity index (χ1v) is 8.08. The van der Waals surface area contributed by atoms with Gasteiger partial charge in [-0.1, -0.05) is 19.9 Å². The van der Waals surface area contributed by atoms with Crippen molar-refractivity contribution in [3.8, 4) is 0 Å². The van der Waals surface area contributed by atoms with Gasteiger partial charge in [0.25, 0.3) is 0 Å². The number of quaternary nitrogens is 1. The van der Waals surface area contributed by atoms with E-state index in [2.05, 4.69) is 26.5 Å². The largest absolute Gasteiger partial charge is 0.477 e. The van der Waals surface area contributed by atoms with Crippen LogP contribution in [-0.4, -0.2) is 49.2 Å². The number of carboxylic acids is 1. The van der Waals surface area contributed by atoms with E-state index in [1.54, 1.807) is 6.08 Å². The van der Waals surface area contributed by atoms with Crippen LogP contribution in [0.5, 0.6) is 0 Å². The Morgan fingerprint density at radius 1 is 1.23 bits per heavy atom. The molecule has 0 radical (unpaired) electrons. The normalized spacial score (nSPS) is 20.6. The Morgan fingerprint density at radius 3 is 2.27 bits per heavy atom. The number of nitrogens with zero attached hydrogens (tertiary/aromatic N) is 1. The standard InChI is InChI=1S/C17H30N2O3/c1-17(2)12-13(17)15(20)18-14(16(21)22)10-8-6-7-9-11-19(3,4)5/h10,13H,6-9,11-12H2,1-5H3,(H-,18,20,21,22)/p+1/b14-10-/t13-/m1/s1. The number of amides is 1. The van der Waals surface area contributed by atoms with Gasteiger partial charge in [0, 0.05) is 5.92 Å². The Labute approximate surface area is 134 Å². The van der Waals surface area contributed by atoms with Crippen molar-refractivity contribution in [3.05, 3.63) is 11.8 Å². The zero-order chi connectivity index (χ0) is 17.0. The molecule has 1 aliphatic rings. The molecule has 0 aromatic heterocycles. The molecule has 0 unspecified atom stereocenters. The molecule has 1 saturated carbocycles. The number of aliphatic carboxylic acids is 1. The van der Waals surface area contributed by atoms with Gasteiger partial charge in [0.05, 0.1) is 27.7 Å². The average molecular weight is 311 g/mol. The van der Waals surface area contributed by atoms with Gasteiger partial charge in [0.15, 0.2) is 0 Å². The van der Waals surface area contributed by atoms with Crippen LogP contribution in [0.4, 0.5) is 0 Å². The number of rotatable bonds is 9. The van der Waals surface area contributed by atoms with Gasteiger partial charge < -0.3 is 14.9 Å². The number of nitrogens with one attached hydrogen (secondary N) is 1. The average Bonchev–Trinajstić information content (AvgIpc) is 2.99. The molecule has 1 aliphatic carbocycles. The first-order valence-electron chi connectivity index (χ1n) is 8.08. The lowest BCUT2D eigenvalue weighted by Gasteiger charge is -2.23. The number of hydrogen-bond acceptors (Lipinski definition) is 2. The van der Waals surface area contributed by atoms with Gasteiger partial charge in [-0.2, -0.15) is 0 Å². The Kier molecular flexibility index (Phi) is 6.17. The lowest BCUT2D eigenvalue weighted by Crippen LogP contribution is -2.35. The van der Waals surface area contributed by atoms with Crippen molar-refractivity contribution in [1.29, 1.82) is 0 Å². The minimum atomic E-state index is -1.06. The summed E-state index contributed by atoms with van der Waals surface area (Å²) >= 11 is 0. The van der Waals surface area contributed by atoms with Crippen LogP contribution >= 0.6 is 0 Å². The molecule has 1 fully saturated rings. The molecule has 0 aromatic rings. The summed E-state index contributed by atoms with van der Waals surface area (Å²) in [5.41, 5.74) is 0.0399. The van der Waals surface area contributed by atoms with E-state index in [4.69, 9.17) is 0 Å². The van der Waals surface area contributed by atoms with Gasteiger partial charge in [-0.3, -0.25) is 4.79 Å². The topological polar surface area (TPSA) is 66.4 Å². The van der Waals surface area contributed by atoms with Gasteiger partial charge in [-0.05, 0) is 37.5 Å². The molecule has 0 bridgehead atoms. The van der Waals surface area contributed by atoms with Crippen molar-refractivity contribution in [2.75, 3.05) is 27.7 Å². The highest BCUT2D eigenvalue weighted by Crippen LogP contribution is 2.51. The van der Waals surface area contributed by atoms with E-state index in [1.165, 1.54) is 0 Å². The zero-order valence-electron chi connectivity index (χ0n) is 14.6. The van der Waals surface area contributed by atoms with Crippen molar-refractivity contribution in [1.82, 2.24) is 5.32 Å². The molecular weight excluding hydrogens is 280 g/mol. The molecule has 0 spiro atoms. The van der Waals surface area contributed by atoms with Gasteiger partial charge in [0.2, 0.25) is 5.91 Å². The maximum Gasteiger partial charge on any atom is 0.352 e. The highest BCUT2D eigenvalue weighted by molar-refractivity contribution is 5.94. The summed E-state index contributed by atoms with van der Waals surface area (Å²) in [6, 6.07) is 0. The summed E-state index contributed by atoms with van der Waals surface area (Å²) in [6.45, 7) is 5.16. The van der Waals surface area contributed by atoms with Gasteiger partial charge in [0.1, 0.15) is 5.70 Å². The quantitative estimate of drug-likeness (QED) is 0.390. The Bertz CT molecular complexity index is 447. The number of carbonyl (C=O) groups is 2. The van der Waals surface area contributed by atoms with Crippen LogP contribution in [0.1, 0.15) is 46.0 Å². The summed E-state index contributed by atoms with van der Waals surface area (Å²) in [7, 11) is 6.49. The predicted molar refractivity (Wildman–Crippen MR) is 87.1 cm³/mol. The molecular formula is C17H31N2O3+. The molecule has 0 heterocycles. The monoisotopic (exact) mass is 311 g/mol. The van der Waals surface area contributed by atoms with Gasteiger partial charge in [-0.25, -0.2) is 4.79 Å². The van der Waals surface area contributed by atoms with E-state index in [0.29, 0.717) is 6.42 Å². The third-order valence-corrected chi connectivity index (χ3v) is 4.20. The molecule has 5 heteroatoms. The summed E-state index contributed by atoms with van der Waals surface area (Å²) < 4.78 is 0.948. The maximum absolute atomic E-state index is 12.0. The van der Waals surface area contributed by atoms with E-state index >= 15 is 0 Å². The lowest BCUT2D eigenvalue weighted by molar-refractivity contribution is -0.870. The van der Waals surface area contributed by atoms with E-state index in [-0.39, 0.29) is 22.9 Å². The lowest BCUT2D eigenvalue weighted by atomic mass is 10.1. The molecule has 22 heavy (non-hydrogen) atoms. The van der Waals surface area contributed by atoms with Crippen molar-refractivity contribution in [2.45, 2.75) is 46.0 Å². The number of hydrogen-bond donors (Lipinski definition) is 2. The van der Waals surface area contributed by atoms with Crippen LogP contribution in [0.25, 0.3) is 0 Å². The van der Waals surface area contributed by atoms with Gasteiger partial charge in [-0.15, -0.1) is 0 Å². The summed E-state index contributed by atoms with van der Waals surface area (Å²) in [4.78, 5) is 23.2. The molecule has 126 valence electrons. The third kappa shape index (κ3) is 6.60. The molecule has 1 atom stereocenters. The smallest absolute Gasteiger partial charge is 0.352 e.